The highest BCUT2D eigenvalue weighted by Crippen LogP contribution is 2.49. The molecule has 2 aromatic rings. The number of fused-ring (bicyclic) bond motifs is 4. The molecule has 416 valence electrons. The van der Waals surface area contributed by atoms with Gasteiger partial charge in [0.2, 0.25) is 24.2 Å². The van der Waals surface area contributed by atoms with Crippen LogP contribution in [0.3, 0.4) is 0 Å². The van der Waals surface area contributed by atoms with Crippen LogP contribution in [0, 0.1) is 11.8 Å². The first-order valence-electron chi connectivity index (χ1n) is 24.9. The number of hydrogen-bond donors (Lipinski definition) is 15. The van der Waals surface area contributed by atoms with Crippen molar-refractivity contribution in [3.63, 3.8) is 0 Å². The monoisotopic (exact) mass is 1060 g/mol. The van der Waals surface area contributed by atoms with Crippen molar-refractivity contribution in [2.75, 3.05) is 40.3 Å². The van der Waals surface area contributed by atoms with E-state index in [1.807, 2.05) is 26.0 Å². The summed E-state index contributed by atoms with van der Waals surface area (Å²) in [5.41, 5.74) is -1.70. The highest BCUT2D eigenvalue weighted by Gasteiger charge is 2.70. The van der Waals surface area contributed by atoms with Gasteiger partial charge in [-0.25, -0.2) is 4.57 Å². The minimum absolute atomic E-state index is 0. The van der Waals surface area contributed by atoms with Crippen molar-refractivity contribution < 1.29 is 93.3 Å². The molecule has 0 radical (unpaired) electrons. The molecule has 8 rings (SSSR count). The number of phosphoric ester groups is 1. The molecule has 15 N–H and O–H groups in total. The zero-order valence-corrected chi connectivity index (χ0v) is 42.5. The van der Waals surface area contributed by atoms with Gasteiger partial charge in [-0.15, -0.1) is 0 Å². The Morgan fingerprint density at radius 1 is 0.616 bits per heavy atom. The molecular formula is C49H81N4O19P. The second kappa shape index (κ2) is 24.0. The van der Waals surface area contributed by atoms with Gasteiger partial charge in [-0.3, -0.25) is 9.79 Å². The van der Waals surface area contributed by atoms with Crippen LogP contribution in [0.25, 0.3) is 0 Å². The number of aliphatic hydroxyl groups excluding tert-OH is 4. The number of phenolic OH excluding ortho intramolecular Hbond substituents is 1. The van der Waals surface area contributed by atoms with E-state index in [1.54, 1.807) is 52.2 Å². The average Bonchev–Trinajstić information content (AvgIpc) is 3.31. The van der Waals surface area contributed by atoms with Crippen LogP contribution in [0.2, 0.25) is 0 Å². The second-order valence-electron chi connectivity index (χ2n) is 20.3. The third kappa shape index (κ3) is 12.3. The largest absolute Gasteiger partial charge is 0.524 e. The normalized spacial score (nSPS) is 42.1. The first-order valence-corrected chi connectivity index (χ1v) is 26.5. The molecule has 4 heterocycles. The number of likely N-dealkylation sites (N-methyl/N-ethyl adjacent to an activating group) is 2. The minimum atomic E-state index is -4.63. The smallest absolute Gasteiger partial charge is 0.508 e. The van der Waals surface area contributed by atoms with Gasteiger partial charge in [0.25, 0.3) is 0 Å². The van der Waals surface area contributed by atoms with Crippen LogP contribution in [0.1, 0.15) is 71.9 Å². The number of phenols is 1. The van der Waals surface area contributed by atoms with Crippen LogP contribution >= 0.6 is 7.82 Å². The highest BCUT2D eigenvalue weighted by molar-refractivity contribution is 7.46. The summed E-state index contributed by atoms with van der Waals surface area (Å²) >= 11 is 0. The summed E-state index contributed by atoms with van der Waals surface area (Å²) in [5, 5.41) is 112. The lowest BCUT2D eigenvalue weighted by atomic mass is 9.74. The van der Waals surface area contributed by atoms with Crippen LogP contribution < -0.4 is 25.8 Å². The van der Waals surface area contributed by atoms with Gasteiger partial charge >= 0.3 is 7.82 Å². The third-order valence-corrected chi connectivity index (χ3v) is 15.8. The van der Waals surface area contributed by atoms with E-state index < -0.39 is 128 Å². The van der Waals surface area contributed by atoms with Gasteiger partial charge in [0, 0.05) is 37.8 Å². The number of phosphoric acid groups is 1. The predicted molar refractivity (Wildman–Crippen MR) is 262 cm³/mol. The van der Waals surface area contributed by atoms with Crippen molar-refractivity contribution in [1.82, 2.24) is 21.3 Å². The zero-order valence-electron chi connectivity index (χ0n) is 41.6. The quantitative estimate of drug-likeness (QED) is 0.0695. The lowest BCUT2D eigenvalue weighted by Gasteiger charge is -2.60. The molecule has 0 aromatic heterocycles. The fourth-order valence-electron chi connectivity index (χ4n) is 11.5. The Morgan fingerprint density at radius 3 is 1.36 bits per heavy atom. The maximum absolute atomic E-state index is 11.7. The Bertz CT molecular complexity index is 2120. The van der Waals surface area contributed by atoms with Gasteiger partial charge < -0.3 is 100 Å². The van der Waals surface area contributed by atoms with Gasteiger partial charge in [0.1, 0.15) is 47.1 Å². The lowest BCUT2D eigenvalue weighted by Crippen LogP contribution is -2.80. The number of benzene rings is 2. The summed E-state index contributed by atoms with van der Waals surface area (Å²) in [7, 11) is -1.31. The van der Waals surface area contributed by atoms with Crippen LogP contribution in [-0.2, 0) is 45.8 Å². The van der Waals surface area contributed by atoms with Crippen molar-refractivity contribution >= 4 is 7.82 Å². The molecule has 4 aliphatic heterocycles. The van der Waals surface area contributed by atoms with Crippen LogP contribution in [0.5, 0.6) is 11.5 Å². The molecule has 4 saturated heterocycles. The van der Waals surface area contributed by atoms with E-state index in [0.717, 1.165) is 11.1 Å². The summed E-state index contributed by atoms with van der Waals surface area (Å²) in [6, 6.07) is 11.9. The summed E-state index contributed by atoms with van der Waals surface area (Å²) < 4.78 is 51.5. The van der Waals surface area contributed by atoms with Gasteiger partial charge in [-0.05, 0) is 102 Å². The van der Waals surface area contributed by atoms with Crippen LogP contribution in [0.15, 0.2) is 48.5 Å². The summed E-state index contributed by atoms with van der Waals surface area (Å²) in [5.74, 6) is -5.14. The number of aromatic hydroxyl groups is 1. The molecule has 23 nitrogen and oxygen atoms in total. The summed E-state index contributed by atoms with van der Waals surface area (Å²) in [6.45, 7) is 8.13. The van der Waals surface area contributed by atoms with E-state index >= 15 is 0 Å². The summed E-state index contributed by atoms with van der Waals surface area (Å²) in [4.78, 5) is 17.8. The Kier molecular flexibility index (Phi) is 19.6. The number of ether oxygens (including phenoxy) is 6. The molecule has 6 aliphatic rings. The lowest BCUT2D eigenvalue weighted by molar-refractivity contribution is -0.483. The van der Waals surface area contributed by atoms with Crippen LogP contribution in [-0.4, -0.2) is 204 Å². The topological polar surface area (TPSA) is 352 Å². The van der Waals surface area contributed by atoms with Crippen LogP contribution in [0.4, 0.5) is 0 Å². The maximum atomic E-state index is 11.7. The van der Waals surface area contributed by atoms with Gasteiger partial charge in [0.05, 0.1) is 48.7 Å². The fraction of sp³-hybridized carbons (Fsp3) is 0.755. The number of rotatable bonds is 16. The molecule has 73 heavy (non-hydrogen) atoms. The fourth-order valence-corrected chi connectivity index (χ4v) is 11.9. The molecule has 2 aromatic carbocycles. The van der Waals surface area contributed by atoms with E-state index in [1.165, 1.54) is 12.1 Å². The molecule has 2 aliphatic carbocycles. The average molecular weight is 1060 g/mol. The first kappa shape index (κ1) is 59.7. The molecular weight excluding hydrogens is 980 g/mol. The zero-order chi connectivity index (χ0) is 52.6. The van der Waals surface area contributed by atoms with E-state index in [0.29, 0.717) is 38.8 Å². The first-order chi connectivity index (χ1) is 33.9. The van der Waals surface area contributed by atoms with Crippen molar-refractivity contribution in [2.45, 2.75) is 182 Å². The van der Waals surface area contributed by atoms with Gasteiger partial charge in [0.15, 0.2) is 0 Å². The van der Waals surface area contributed by atoms with E-state index in [-0.39, 0.29) is 44.9 Å². The number of aliphatic hydroxyl groups is 8. The highest BCUT2D eigenvalue weighted by atomic mass is 31.2. The van der Waals surface area contributed by atoms with Gasteiger partial charge in [-0.2, -0.15) is 0 Å². The molecule has 20 atom stereocenters. The van der Waals surface area contributed by atoms with E-state index in [2.05, 4.69) is 25.8 Å². The van der Waals surface area contributed by atoms with Crippen molar-refractivity contribution in [3.05, 3.63) is 59.7 Å². The minimum Gasteiger partial charge on any atom is -0.508 e. The molecule has 6 fully saturated rings. The Labute approximate surface area is 426 Å². The van der Waals surface area contributed by atoms with Crippen molar-refractivity contribution in [2.24, 2.45) is 11.8 Å². The molecule has 0 spiro atoms. The maximum Gasteiger partial charge on any atom is 0.524 e. The van der Waals surface area contributed by atoms with E-state index in [9.17, 15) is 50.5 Å². The predicted octanol–water partition coefficient (Wildman–Crippen LogP) is -1.17. The molecule has 2 saturated carbocycles. The molecule has 24 heteroatoms. The van der Waals surface area contributed by atoms with Crippen molar-refractivity contribution in [1.29, 1.82) is 0 Å². The second-order valence-corrected chi connectivity index (χ2v) is 21.4. The van der Waals surface area contributed by atoms with Gasteiger partial charge in [-0.1, -0.05) is 45.5 Å². The Balaban J connectivity index is 0.000000236. The standard InChI is InChI=1S/C24H39N2O11P.C24H38N2O8.CH4/c1-4-16-18(27)17(25-3)20-21(19(16)28)35-22-24(30,36-20)23(29,11-13(2)34-22)12-26-10-9-14-5-7-15(8-6-14)37-38(31,32)33;1-4-16-18(28)17(25-3)20-21(19(16)29)33-22-24(31,34-20)23(30,11-13(2)32-22)12-26-10-9-14-5-7-15(27)8-6-14;/h5-8,13,16-22,25-30H,4,9-12H2,1-3H3,(H2,31,32,33);5-8,13,16-22,25-31H,4,9-12H2,1-3H3;1H4/t2*13-,16-,17+,18+,19+,20-,21-,22+,23-,24-;/m11./s1. The molecule has 0 amide bonds. The number of nitrogens with one attached hydrogen (secondary N) is 4. The molecule has 0 unspecified atom stereocenters. The molecule has 0 bridgehead atoms. The van der Waals surface area contributed by atoms with Crippen molar-refractivity contribution in [3.8, 4) is 11.5 Å². The SMILES string of the molecule is C.CC[C@@H]1[C@H](O)[C@H](NC)[C@H]2O[C@]3(O)[C@H](O[C@@H]2[C@H]1O)O[C@H](C)C[C@@]3(O)CNCCc1ccc(O)cc1.CC[C@@H]1[C@H](O)[C@H](NC)[C@H]2O[C@]3(O)[C@H](O[C@@H]2[C@H]1O)O[C@H](C)C[C@@]3(O)CNCCc1ccc(OP(=O)(O)O)cc1. The Morgan fingerprint density at radius 2 is 1.00 bits per heavy atom. The Hall–Kier alpha value is -2.53. The van der Waals surface area contributed by atoms with E-state index in [4.69, 9.17) is 38.2 Å². The number of hydrogen-bond acceptors (Lipinski definition) is 21. The summed E-state index contributed by atoms with van der Waals surface area (Å²) in [6.07, 6.45) is -8.76. The third-order valence-electron chi connectivity index (χ3n) is 15.4.